The van der Waals surface area contributed by atoms with Crippen molar-refractivity contribution in [3.05, 3.63) is 40.6 Å². The first-order valence-corrected chi connectivity index (χ1v) is 7.94. The molecular formula is C12H8AlCl2NOS. The predicted molar refractivity (Wildman–Crippen MR) is 77.4 cm³/mol. The Hall–Kier alpha value is -0.368. The Kier molecular flexibility index (Phi) is 4.47. The predicted octanol–water partition coefficient (Wildman–Crippen LogP) is 2.59. The van der Waals surface area contributed by atoms with Gasteiger partial charge in [-0.15, -0.1) is 4.43 Å². The quantitative estimate of drug-likeness (QED) is 0.630. The van der Waals surface area contributed by atoms with Gasteiger partial charge >= 0.3 is 0 Å². The molecule has 18 heavy (non-hydrogen) atoms. The first-order valence-electron chi connectivity index (χ1n) is 5.05. The van der Waals surface area contributed by atoms with Crippen molar-refractivity contribution in [1.29, 1.82) is 0 Å². The summed E-state index contributed by atoms with van der Waals surface area (Å²) in [6.07, 6.45) is 1.64. The van der Waals surface area contributed by atoms with Crippen LogP contribution in [0.4, 0.5) is 0 Å². The standard InChI is InChI=1S/C12H8Cl2NOS.Al/c1-17(16)10-5-3-2-4-8(10)9-6-7-11(13)15-12(9)14;/h2-6H,1H3;. The molecule has 0 saturated heterocycles. The number of aromatic nitrogens is 1. The lowest BCUT2D eigenvalue weighted by Crippen LogP contribution is -2.07. The topological polar surface area (TPSA) is 30.0 Å². The van der Waals surface area contributed by atoms with Crippen molar-refractivity contribution >= 4 is 54.7 Å². The Morgan fingerprint density at radius 2 is 1.83 bits per heavy atom. The normalized spacial score (nSPS) is 12.4. The van der Waals surface area contributed by atoms with Crippen LogP contribution in [0, 0.1) is 0 Å². The fraction of sp³-hybridized carbons (Fsp3) is 0.0833. The molecule has 0 aliphatic heterocycles. The Morgan fingerprint density at radius 1 is 1.17 bits per heavy atom. The van der Waals surface area contributed by atoms with E-state index < -0.39 is 10.8 Å². The molecule has 1 aromatic heterocycles. The lowest BCUT2D eigenvalue weighted by atomic mass is 10.1. The Bertz CT molecular complexity index is 633. The summed E-state index contributed by atoms with van der Waals surface area (Å²) in [5.74, 6) is 0. The van der Waals surface area contributed by atoms with Gasteiger partial charge in [0.15, 0.2) is 16.3 Å². The minimum atomic E-state index is -1.09. The number of rotatable bonds is 2. The van der Waals surface area contributed by atoms with Gasteiger partial charge in [-0.1, -0.05) is 47.5 Å². The molecule has 2 aromatic rings. The second-order valence-corrected chi connectivity index (χ2v) is 6.34. The van der Waals surface area contributed by atoms with Gasteiger partial charge in [-0.05, 0) is 6.07 Å². The van der Waals surface area contributed by atoms with Gasteiger partial charge in [0.1, 0.15) is 10.3 Å². The highest BCUT2D eigenvalue weighted by atomic mass is 35.5. The largest absolute Gasteiger partial charge is 0.255 e. The van der Waals surface area contributed by atoms with Gasteiger partial charge in [-0.25, -0.2) is 4.98 Å². The van der Waals surface area contributed by atoms with Gasteiger partial charge in [0, 0.05) is 22.3 Å². The lowest BCUT2D eigenvalue weighted by molar-refractivity contribution is 0.687. The summed E-state index contributed by atoms with van der Waals surface area (Å²) in [7, 11) is -1.09. The molecule has 0 spiro atoms. The van der Waals surface area contributed by atoms with E-state index in [1.807, 2.05) is 30.3 Å². The maximum absolute atomic E-state index is 11.7. The smallest absolute Gasteiger partial charge is 0.180 e. The highest BCUT2D eigenvalue weighted by Crippen LogP contribution is 2.30. The van der Waals surface area contributed by atoms with E-state index in [1.165, 1.54) is 0 Å². The number of pyridine rings is 1. The average Bonchev–Trinajstić information content (AvgIpc) is 2.34. The number of hydrogen-bond donors (Lipinski definition) is 0. The summed E-state index contributed by atoms with van der Waals surface area (Å²) in [6, 6.07) is 9.24. The molecular weight excluding hydrogens is 304 g/mol. The molecule has 90 valence electrons. The van der Waals surface area contributed by atoms with Gasteiger partial charge in [0.05, 0.1) is 10.8 Å². The minimum Gasteiger partial charge on any atom is -0.255 e. The maximum Gasteiger partial charge on any atom is 0.180 e. The van der Waals surface area contributed by atoms with Crippen LogP contribution in [0.15, 0.2) is 35.2 Å². The summed E-state index contributed by atoms with van der Waals surface area (Å²) in [5, 5.41) is 0.660. The number of halogens is 2. The Morgan fingerprint density at radius 3 is 2.50 bits per heavy atom. The van der Waals surface area contributed by atoms with Gasteiger partial charge in [0.25, 0.3) is 0 Å². The second-order valence-electron chi connectivity index (χ2n) is 3.66. The molecule has 2 rings (SSSR count). The van der Waals surface area contributed by atoms with Crippen LogP contribution in [0.2, 0.25) is 10.3 Å². The first kappa shape index (κ1) is 14.1. The van der Waals surface area contributed by atoms with Gasteiger partial charge < -0.3 is 0 Å². The van der Waals surface area contributed by atoms with E-state index >= 15 is 0 Å². The molecule has 0 bridgehead atoms. The molecule has 1 heterocycles. The zero-order valence-corrected chi connectivity index (χ0v) is 13.0. The van der Waals surface area contributed by atoms with E-state index in [9.17, 15) is 4.21 Å². The number of hydrogen-bond acceptors (Lipinski definition) is 2. The van der Waals surface area contributed by atoms with Crippen LogP contribution in [0.3, 0.4) is 0 Å². The maximum atomic E-state index is 11.7. The molecule has 0 amide bonds. The summed E-state index contributed by atoms with van der Waals surface area (Å²) >= 11 is 14.5. The molecule has 0 aliphatic carbocycles. The first-order chi connectivity index (χ1) is 8.50. The van der Waals surface area contributed by atoms with Crippen LogP contribution in [-0.2, 0) is 10.8 Å². The third kappa shape index (κ3) is 2.79. The second kappa shape index (κ2) is 5.73. The van der Waals surface area contributed by atoms with E-state index in [2.05, 4.69) is 21.3 Å². The lowest BCUT2D eigenvalue weighted by Gasteiger charge is -2.10. The summed E-state index contributed by atoms with van der Waals surface area (Å²) < 4.78 is 12.5. The minimum absolute atomic E-state index is 0.309. The van der Waals surface area contributed by atoms with Crippen molar-refractivity contribution in [2.45, 2.75) is 4.90 Å². The Labute approximate surface area is 126 Å². The monoisotopic (exact) mass is 311 g/mol. The number of benzene rings is 1. The van der Waals surface area contributed by atoms with Crippen molar-refractivity contribution in [2.24, 2.45) is 0 Å². The Balaban J connectivity index is 2.69. The molecule has 0 aliphatic rings. The van der Waals surface area contributed by atoms with E-state index in [1.54, 1.807) is 6.26 Å². The average molecular weight is 312 g/mol. The number of nitrogens with zero attached hydrogens (tertiary/aromatic N) is 1. The fourth-order valence-corrected chi connectivity index (χ4v) is 3.03. The summed E-state index contributed by atoms with van der Waals surface area (Å²) in [6.45, 7) is 0. The van der Waals surface area contributed by atoms with E-state index in [0.717, 1.165) is 20.4 Å². The van der Waals surface area contributed by atoms with Crippen molar-refractivity contribution in [2.75, 3.05) is 6.26 Å². The molecule has 2 radical (unpaired) electrons. The van der Waals surface area contributed by atoms with Crippen LogP contribution in [0.1, 0.15) is 0 Å². The molecule has 6 heteroatoms. The highest BCUT2D eigenvalue weighted by molar-refractivity contribution is 7.84. The van der Waals surface area contributed by atoms with Crippen molar-refractivity contribution < 1.29 is 4.21 Å². The zero-order chi connectivity index (χ0) is 13.3. The van der Waals surface area contributed by atoms with Gasteiger partial charge in [-0.3, -0.25) is 4.21 Å². The van der Waals surface area contributed by atoms with Crippen LogP contribution in [0.25, 0.3) is 11.1 Å². The summed E-state index contributed by atoms with van der Waals surface area (Å²) in [5.41, 5.74) is 1.55. The molecule has 2 nitrogen and oxygen atoms in total. The van der Waals surface area contributed by atoms with Crippen molar-refractivity contribution in [1.82, 2.24) is 4.98 Å². The van der Waals surface area contributed by atoms with E-state index in [4.69, 9.17) is 23.2 Å². The third-order valence-corrected chi connectivity index (χ3v) is 4.63. The van der Waals surface area contributed by atoms with E-state index in [0.29, 0.717) is 10.3 Å². The summed E-state index contributed by atoms with van der Waals surface area (Å²) in [4.78, 5) is 4.79. The van der Waals surface area contributed by atoms with Crippen molar-refractivity contribution in [3.63, 3.8) is 0 Å². The highest BCUT2D eigenvalue weighted by Gasteiger charge is 2.13. The molecule has 0 N–H and O–H groups in total. The van der Waals surface area contributed by atoms with E-state index in [-0.39, 0.29) is 0 Å². The van der Waals surface area contributed by atoms with Crippen LogP contribution in [-0.4, -0.2) is 31.7 Å². The van der Waals surface area contributed by atoms with Gasteiger partial charge in [0.2, 0.25) is 0 Å². The van der Waals surface area contributed by atoms with Crippen LogP contribution in [0.5, 0.6) is 0 Å². The molecule has 1 unspecified atom stereocenters. The van der Waals surface area contributed by atoms with Crippen molar-refractivity contribution in [3.8, 4) is 11.1 Å². The van der Waals surface area contributed by atoms with Crippen LogP contribution >= 0.6 is 23.2 Å². The SMILES string of the molecule is CS(=O)c1ccccc1-c1c[c]([Al])c(Cl)nc1Cl. The molecule has 0 fully saturated rings. The molecule has 1 aromatic carbocycles. The molecule has 1 atom stereocenters. The van der Waals surface area contributed by atoms with Gasteiger partial charge in [-0.2, -0.15) is 0 Å². The fourth-order valence-electron chi connectivity index (χ4n) is 1.61. The third-order valence-electron chi connectivity index (χ3n) is 2.44. The zero-order valence-electron chi connectivity index (χ0n) is 9.48. The van der Waals surface area contributed by atoms with Crippen LogP contribution < -0.4 is 4.43 Å². The molecule has 0 saturated carbocycles.